The highest BCUT2D eigenvalue weighted by atomic mass is 35.5. The molecule has 1 heterocycles. The van der Waals surface area contributed by atoms with E-state index in [0.29, 0.717) is 0 Å². The molecule has 0 N–H and O–H groups in total. The zero-order valence-electron chi connectivity index (χ0n) is 8.41. The van der Waals surface area contributed by atoms with Gasteiger partial charge in [-0.05, 0) is 17.2 Å². The van der Waals surface area contributed by atoms with E-state index < -0.39 is 0 Å². The smallest absolute Gasteiger partial charge is 0.0679 e. The number of hydrogen-bond acceptors (Lipinski definition) is 1. The molecule has 0 saturated carbocycles. The molecule has 0 spiro atoms. The van der Waals surface area contributed by atoms with Crippen molar-refractivity contribution >= 4 is 33.0 Å². The molecule has 0 atom stereocenters. The lowest BCUT2D eigenvalue weighted by molar-refractivity contribution is 1.66. The number of hydrogen-bond donors (Lipinski definition) is 0. The maximum Gasteiger partial charge on any atom is 0.0679 e. The van der Waals surface area contributed by atoms with Gasteiger partial charge in [-0.2, -0.15) is 0 Å². The van der Waals surface area contributed by atoms with E-state index in [-0.39, 0.29) is 0 Å². The van der Waals surface area contributed by atoms with Crippen LogP contribution in [0, 0.1) is 5.38 Å². The molecule has 0 unspecified atom stereocenters. The summed E-state index contributed by atoms with van der Waals surface area (Å²) in [6.45, 7) is 0. The van der Waals surface area contributed by atoms with Crippen LogP contribution >= 0.6 is 22.9 Å². The minimum atomic E-state index is 0.722. The Labute approximate surface area is 103 Å². The van der Waals surface area contributed by atoms with Crippen molar-refractivity contribution in [2.75, 3.05) is 0 Å². The van der Waals surface area contributed by atoms with Gasteiger partial charge in [0.25, 0.3) is 0 Å². The van der Waals surface area contributed by atoms with Crippen LogP contribution in [0.3, 0.4) is 0 Å². The topological polar surface area (TPSA) is 0 Å². The van der Waals surface area contributed by atoms with E-state index in [1.165, 1.54) is 15.8 Å². The predicted octanol–water partition coefficient (Wildman–Crippen LogP) is 5.02. The van der Waals surface area contributed by atoms with Crippen LogP contribution in [0.5, 0.6) is 0 Å². The molecule has 0 aliphatic heterocycles. The van der Waals surface area contributed by atoms with Gasteiger partial charge in [-0.25, -0.2) is 0 Å². The molecule has 2 heteroatoms. The molecule has 16 heavy (non-hydrogen) atoms. The quantitative estimate of drug-likeness (QED) is 0.563. The number of rotatable bonds is 1. The van der Waals surface area contributed by atoms with Crippen molar-refractivity contribution in [3.05, 3.63) is 58.9 Å². The second kappa shape index (κ2) is 3.93. The summed E-state index contributed by atoms with van der Waals surface area (Å²) in [5, 5.41) is 4.87. The third kappa shape index (κ3) is 1.62. The Hall–Kier alpha value is -1.31. The molecular weight excluding hydrogens is 236 g/mol. The van der Waals surface area contributed by atoms with Crippen molar-refractivity contribution in [3.8, 4) is 11.1 Å². The molecule has 0 nitrogen and oxygen atoms in total. The fourth-order valence-corrected chi connectivity index (χ4v) is 2.87. The molecule has 1 aromatic heterocycles. The van der Waals surface area contributed by atoms with Gasteiger partial charge in [0.05, 0.1) is 10.4 Å². The SMILES string of the molecule is Clc1[c]sc2cc(-c3ccccc3)ccc12. The third-order valence-corrected chi connectivity index (χ3v) is 3.85. The first kappa shape index (κ1) is 9.88. The van der Waals surface area contributed by atoms with E-state index >= 15 is 0 Å². The molecule has 0 bridgehead atoms. The average molecular weight is 244 g/mol. The van der Waals surface area contributed by atoms with Crippen molar-refractivity contribution in [1.82, 2.24) is 0 Å². The first-order chi connectivity index (χ1) is 7.84. The zero-order chi connectivity index (χ0) is 11.0. The highest BCUT2D eigenvalue weighted by Crippen LogP contribution is 2.32. The van der Waals surface area contributed by atoms with Crippen LogP contribution < -0.4 is 0 Å². The molecule has 2 aromatic carbocycles. The molecule has 0 aliphatic rings. The second-order valence-corrected chi connectivity index (χ2v) is 4.82. The minimum absolute atomic E-state index is 0.722. The Kier molecular flexibility index (Phi) is 2.43. The van der Waals surface area contributed by atoms with Gasteiger partial charge in [-0.15, -0.1) is 11.3 Å². The zero-order valence-corrected chi connectivity index (χ0v) is 9.98. The van der Waals surface area contributed by atoms with Crippen molar-refractivity contribution in [3.63, 3.8) is 0 Å². The van der Waals surface area contributed by atoms with Gasteiger partial charge < -0.3 is 0 Å². The normalized spacial score (nSPS) is 10.8. The van der Waals surface area contributed by atoms with Crippen molar-refractivity contribution in [1.29, 1.82) is 0 Å². The molecule has 0 aliphatic carbocycles. The summed E-state index contributed by atoms with van der Waals surface area (Å²) in [6, 6.07) is 16.7. The van der Waals surface area contributed by atoms with Gasteiger partial charge in [-0.1, -0.05) is 54.1 Å². The fourth-order valence-electron chi connectivity index (χ4n) is 1.75. The van der Waals surface area contributed by atoms with Gasteiger partial charge in [-0.3, -0.25) is 0 Å². The summed E-state index contributed by atoms with van der Waals surface area (Å²) < 4.78 is 1.19. The molecule has 0 amide bonds. The molecule has 0 fully saturated rings. The van der Waals surface area contributed by atoms with Crippen LogP contribution in [0.4, 0.5) is 0 Å². The predicted molar refractivity (Wildman–Crippen MR) is 71.1 cm³/mol. The molecule has 3 aromatic rings. The number of benzene rings is 2. The Bertz CT molecular complexity index is 626. The van der Waals surface area contributed by atoms with Crippen LogP contribution in [0.15, 0.2) is 48.5 Å². The first-order valence-corrected chi connectivity index (χ1v) is 6.19. The van der Waals surface area contributed by atoms with Gasteiger partial charge in [0.2, 0.25) is 0 Å². The Morgan fingerprint density at radius 1 is 0.938 bits per heavy atom. The maximum atomic E-state index is 6.03. The highest BCUT2D eigenvalue weighted by Gasteiger charge is 2.04. The molecule has 77 valence electrons. The minimum Gasteiger partial charge on any atom is -0.133 e. The Morgan fingerprint density at radius 3 is 2.56 bits per heavy atom. The van der Waals surface area contributed by atoms with Crippen LogP contribution in [0.1, 0.15) is 0 Å². The summed E-state index contributed by atoms with van der Waals surface area (Å²) in [6.07, 6.45) is 0. The number of halogens is 1. The van der Waals surface area contributed by atoms with E-state index in [2.05, 4.69) is 35.7 Å². The summed E-state index contributed by atoms with van der Waals surface area (Å²) in [7, 11) is 0. The Morgan fingerprint density at radius 2 is 1.75 bits per heavy atom. The van der Waals surface area contributed by atoms with Crippen molar-refractivity contribution in [2.45, 2.75) is 0 Å². The molecule has 0 saturated heterocycles. The monoisotopic (exact) mass is 243 g/mol. The highest BCUT2D eigenvalue weighted by molar-refractivity contribution is 7.17. The van der Waals surface area contributed by atoms with E-state index in [0.717, 1.165) is 10.4 Å². The maximum absolute atomic E-state index is 6.03. The summed E-state index contributed by atoms with van der Waals surface area (Å²) in [5.74, 6) is 0. The third-order valence-electron chi connectivity index (χ3n) is 2.58. The molecule has 1 radical (unpaired) electrons. The standard InChI is InChI=1S/C14H8ClS/c15-13-9-16-14-8-11(6-7-12(13)14)10-4-2-1-3-5-10/h1-8H. The van der Waals surface area contributed by atoms with Crippen LogP contribution in [0.2, 0.25) is 5.02 Å². The lowest BCUT2D eigenvalue weighted by Gasteiger charge is -2.01. The van der Waals surface area contributed by atoms with Gasteiger partial charge in [0.15, 0.2) is 0 Å². The van der Waals surface area contributed by atoms with Gasteiger partial charge >= 0.3 is 0 Å². The number of fused-ring (bicyclic) bond motifs is 1. The fraction of sp³-hybridized carbons (Fsp3) is 0. The molecular formula is C14H8ClS. The van der Waals surface area contributed by atoms with E-state index in [1.54, 1.807) is 11.3 Å². The van der Waals surface area contributed by atoms with Crippen LogP contribution in [0.25, 0.3) is 21.2 Å². The summed E-state index contributed by atoms with van der Waals surface area (Å²) >= 11 is 7.59. The van der Waals surface area contributed by atoms with Crippen molar-refractivity contribution < 1.29 is 0 Å². The first-order valence-electron chi connectivity index (χ1n) is 5.00. The van der Waals surface area contributed by atoms with E-state index in [9.17, 15) is 0 Å². The lowest BCUT2D eigenvalue weighted by Crippen LogP contribution is -1.75. The molecule has 3 rings (SSSR count). The largest absolute Gasteiger partial charge is 0.133 e. The summed E-state index contributed by atoms with van der Waals surface area (Å²) in [5.41, 5.74) is 2.45. The van der Waals surface area contributed by atoms with Crippen molar-refractivity contribution in [2.24, 2.45) is 0 Å². The van der Waals surface area contributed by atoms with E-state index in [1.807, 2.05) is 18.2 Å². The van der Waals surface area contributed by atoms with Crippen LogP contribution in [-0.2, 0) is 0 Å². The van der Waals surface area contributed by atoms with Crippen LogP contribution in [-0.4, -0.2) is 0 Å². The number of thiophene rings is 1. The van der Waals surface area contributed by atoms with Gasteiger partial charge in [0.1, 0.15) is 0 Å². The average Bonchev–Trinajstić information content (AvgIpc) is 2.72. The second-order valence-electron chi connectivity index (χ2n) is 3.60. The Balaban J connectivity index is 2.19. The summed E-state index contributed by atoms with van der Waals surface area (Å²) in [4.78, 5) is 0. The van der Waals surface area contributed by atoms with Gasteiger partial charge in [0, 0.05) is 10.1 Å². The van der Waals surface area contributed by atoms with E-state index in [4.69, 9.17) is 11.6 Å². The lowest BCUT2D eigenvalue weighted by atomic mass is 10.1.